The predicted octanol–water partition coefficient (Wildman–Crippen LogP) is -0.391. The van der Waals surface area contributed by atoms with Crippen molar-refractivity contribution in [2.24, 2.45) is 16.6 Å². The Kier molecular flexibility index (Phi) is 2.46. The molecule has 2 aliphatic heterocycles. The van der Waals surface area contributed by atoms with Gasteiger partial charge in [0.1, 0.15) is 0 Å². The third kappa shape index (κ3) is 1.17. The van der Waals surface area contributed by atoms with E-state index in [9.17, 15) is 10.5 Å². The summed E-state index contributed by atoms with van der Waals surface area (Å²) in [5.74, 6) is -1.61. The molecule has 0 bridgehead atoms. The number of rotatable bonds is 1. The van der Waals surface area contributed by atoms with Crippen LogP contribution in [0.4, 0.5) is 0 Å². The zero-order valence-corrected chi connectivity index (χ0v) is 12.2. The molecule has 0 radical (unpaired) electrons. The van der Waals surface area contributed by atoms with Crippen molar-refractivity contribution < 1.29 is 14.5 Å². The molecule has 0 amide bonds. The number of hydrogen-bond donors (Lipinski definition) is 2. The fraction of sp³-hybridized carbons (Fsp3) is 0.400. The van der Waals surface area contributed by atoms with Crippen LogP contribution in [0.5, 0.6) is 0 Å². The molecule has 1 aromatic rings. The molecule has 6 nitrogen and oxygen atoms in total. The number of fused-ring (bicyclic) bond motifs is 2. The van der Waals surface area contributed by atoms with Gasteiger partial charge in [0.25, 0.3) is 5.84 Å². The van der Waals surface area contributed by atoms with Gasteiger partial charge < -0.3 is 9.47 Å². The first-order valence-corrected chi connectivity index (χ1v) is 7.23. The molecule has 0 aromatic heterocycles. The monoisotopic (exact) mass is 315 g/mol. The summed E-state index contributed by atoms with van der Waals surface area (Å²) in [5.41, 5.74) is 4.46. The Morgan fingerprint density at radius 2 is 2.00 bits per heavy atom. The van der Waals surface area contributed by atoms with E-state index in [-0.39, 0.29) is 5.84 Å². The second-order valence-electron chi connectivity index (χ2n) is 5.68. The number of halogens is 1. The number of nitrogens with two attached hydrogens (primary N) is 1. The number of benzene rings is 1. The smallest absolute Gasteiger partial charge is 0.311 e. The Morgan fingerprint density at radius 3 is 2.59 bits per heavy atom. The normalized spacial score (nSPS) is 37.2. The van der Waals surface area contributed by atoms with Gasteiger partial charge in [-0.25, -0.2) is 4.99 Å². The predicted molar refractivity (Wildman–Crippen MR) is 75.1 cm³/mol. The van der Waals surface area contributed by atoms with E-state index in [1.807, 2.05) is 6.07 Å². The van der Waals surface area contributed by atoms with E-state index in [1.165, 1.54) is 0 Å². The van der Waals surface area contributed by atoms with Crippen LogP contribution in [0.25, 0.3) is 0 Å². The van der Waals surface area contributed by atoms with Crippen LogP contribution in [0.3, 0.4) is 0 Å². The van der Waals surface area contributed by atoms with E-state index >= 15 is 0 Å². The second-order valence-corrected chi connectivity index (χ2v) is 6.12. The molecule has 22 heavy (non-hydrogen) atoms. The van der Waals surface area contributed by atoms with Gasteiger partial charge in [0.15, 0.2) is 10.8 Å². The first kappa shape index (κ1) is 13.5. The Morgan fingerprint density at radius 1 is 1.27 bits per heavy atom. The molecule has 110 valence electrons. The highest BCUT2D eigenvalue weighted by atomic mass is 35.5. The van der Waals surface area contributed by atoms with Crippen molar-refractivity contribution in [3.63, 3.8) is 0 Å². The minimum atomic E-state index is -1.37. The number of amidine groups is 1. The molecule has 3 atom stereocenters. The summed E-state index contributed by atoms with van der Waals surface area (Å²) < 4.78 is 11.4. The van der Waals surface area contributed by atoms with Crippen LogP contribution in [0.15, 0.2) is 24.3 Å². The molecule has 2 heterocycles. The van der Waals surface area contributed by atoms with E-state index in [0.29, 0.717) is 18.2 Å². The molecule has 1 spiro atoms. The third-order valence-electron chi connectivity index (χ3n) is 4.88. The summed E-state index contributed by atoms with van der Waals surface area (Å²) >= 11 is 6.06. The molecule has 3 aliphatic rings. The van der Waals surface area contributed by atoms with E-state index in [0.717, 1.165) is 5.56 Å². The van der Waals surface area contributed by atoms with Gasteiger partial charge in [-0.3, -0.25) is 5.73 Å². The van der Waals surface area contributed by atoms with Crippen molar-refractivity contribution in [3.05, 3.63) is 34.9 Å². The van der Waals surface area contributed by atoms with Crippen LogP contribution in [0, 0.1) is 33.5 Å². The first-order valence-electron chi connectivity index (χ1n) is 6.85. The zero-order valence-electron chi connectivity index (χ0n) is 11.5. The average Bonchev–Trinajstić information content (AvgIpc) is 2.77. The van der Waals surface area contributed by atoms with Gasteiger partial charge in [0.05, 0.1) is 25.4 Å². The Bertz CT molecular complexity index is 789. The number of ether oxygens (including phenoxy) is 2. The lowest BCUT2D eigenvalue weighted by molar-refractivity contribution is -0.676. The van der Waals surface area contributed by atoms with Crippen LogP contribution < -0.4 is 10.7 Å². The number of nitriles is 2. The molecular weight excluding hydrogens is 304 g/mol. The standard InChI is InChI=1S/C15H11ClN4O2/c16-10-3-1-2-9(6-10)11-13(7-17)12(19)20-15(14(11,13)8-18)21-4-5-22-15/h1-3,6,11H,4-5H2,(H2,19,20)/p+1/t11-,13+,14+/m0/s1. The second kappa shape index (κ2) is 3.99. The topological polar surface area (TPSA) is 106 Å². The summed E-state index contributed by atoms with van der Waals surface area (Å²) in [5, 5.41) is 20.2. The van der Waals surface area contributed by atoms with E-state index < -0.39 is 22.7 Å². The molecule has 1 saturated heterocycles. The van der Waals surface area contributed by atoms with Gasteiger partial charge in [0.2, 0.25) is 0 Å². The van der Waals surface area contributed by atoms with E-state index in [1.54, 1.807) is 18.2 Å². The molecule has 4 rings (SSSR count). The summed E-state index contributed by atoms with van der Waals surface area (Å²) in [7, 11) is 0. The van der Waals surface area contributed by atoms with Gasteiger partial charge >= 0.3 is 5.91 Å². The van der Waals surface area contributed by atoms with Crippen molar-refractivity contribution in [2.45, 2.75) is 11.8 Å². The minimum Gasteiger partial charge on any atom is -0.311 e. The molecular formula is C15H12ClN4O2+. The third-order valence-corrected chi connectivity index (χ3v) is 5.11. The Hall–Kier alpha value is -2.12. The molecule has 2 fully saturated rings. The highest BCUT2D eigenvalue weighted by molar-refractivity contribution is 6.30. The maximum absolute atomic E-state index is 9.90. The summed E-state index contributed by atoms with van der Waals surface area (Å²) in [4.78, 5) is 2.90. The summed E-state index contributed by atoms with van der Waals surface area (Å²) in [6.45, 7) is 0.682. The van der Waals surface area contributed by atoms with Crippen LogP contribution in [0.1, 0.15) is 11.5 Å². The van der Waals surface area contributed by atoms with Gasteiger partial charge in [-0.15, -0.1) is 0 Å². The quantitative estimate of drug-likeness (QED) is 0.734. The fourth-order valence-corrected chi connectivity index (χ4v) is 4.20. The largest absolute Gasteiger partial charge is 0.343 e. The van der Waals surface area contributed by atoms with Crippen molar-refractivity contribution >= 4 is 17.4 Å². The van der Waals surface area contributed by atoms with Crippen molar-refractivity contribution in [1.29, 1.82) is 10.5 Å². The number of nitrogens with one attached hydrogen (secondary N) is 1. The van der Waals surface area contributed by atoms with Gasteiger partial charge in [-0.05, 0) is 17.7 Å². The van der Waals surface area contributed by atoms with Gasteiger partial charge in [0, 0.05) is 10.9 Å². The summed E-state index contributed by atoms with van der Waals surface area (Å²) in [6.07, 6.45) is 0. The van der Waals surface area contributed by atoms with Crippen LogP contribution in [-0.2, 0) is 9.47 Å². The van der Waals surface area contributed by atoms with Crippen molar-refractivity contribution in [3.8, 4) is 12.1 Å². The van der Waals surface area contributed by atoms with Gasteiger partial charge in [-0.2, -0.15) is 10.5 Å². The van der Waals surface area contributed by atoms with E-state index in [2.05, 4.69) is 17.1 Å². The van der Waals surface area contributed by atoms with Gasteiger partial charge in [-0.1, -0.05) is 23.7 Å². The molecule has 7 heteroatoms. The van der Waals surface area contributed by atoms with Crippen LogP contribution in [0.2, 0.25) is 5.02 Å². The minimum absolute atomic E-state index is 0.212. The molecule has 1 aromatic carbocycles. The maximum Gasteiger partial charge on any atom is 0.343 e. The lowest BCUT2D eigenvalue weighted by atomic mass is 9.94. The molecule has 1 aliphatic carbocycles. The number of hydrogen-bond acceptors (Lipinski definition) is 5. The Balaban J connectivity index is 1.94. The molecule has 1 saturated carbocycles. The van der Waals surface area contributed by atoms with Crippen LogP contribution >= 0.6 is 11.6 Å². The lowest BCUT2D eigenvalue weighted by Crippen LogP contribution is -2.89. The lowest BCUT2D eigenvalue weighted by Gasteiger charge is -2.23. The highest BCUT2D eigenvalue weighted by Gasteiger charge is 2.97. The first-order chi connectivity index (χ1) is 10.6. The molecule has 3 N–H and O–H groups in total. The SMILES string of the molecule is N#C[C@@]12C(N)=[NH+]C3(OCCO3)[C@]1(C#N)[C@H]2c1cccc(Cl)c1. The summed E-state index contributed by atoms with van der Waals surface area (Å²) in [6, 6.07) is 11.6. The number of nitrogens with zero attached hydrogens (tertiary/aromatic N) is 2. The average molecular weight is 316 g/mol. The fourth-order valence-electron chi connectivity index (χ4n) is 4.00. The van der Waals surface area contributed by atoms with E-state index in [4.69, 9.17) is 26.8 Å². The zero-order chi connectivity index (χ0) is 15.6. The van der Waals surface area contributed by atoms with Crippen LogP contribution in [-0.4, -0.2) is 25.0 Å². The highest BCUT2D eigenvalue weighted by Crippen LogP contribution is 2.79. The van der Waals surface area contributed by atoms with Crippen molar-refractivity contribution in [1.82, 2.24) is 0 Å². The van der Waals surface area contributed by atoms with Crippen molar-refractivity contribution in [2.75, 3.05) is 13.2 Å². The maximum atomic E-state index is 9.90. The molecule has 0 unspecified atom stereocenters. The Labute approximate surface area is 131 Å².